The molecule has 0 radical (unpaired) electrons. The number of aliphatic carboxylic acids is 1. The first-order chi connectivity index (χ1) is 11.4. The van der Waals surface area contributed by atoms with E-state index in [9.17, 15) is 23.1 Å². The van der Waals surface area contributed by atoms with Gasteiger partial charge in [0.15, 0.2) is 0 Å². The number of ether oxygens (including phenoxy) is 1. The topological polar surface area (TPSA) is 117 Å². The molecule has 0 aromatic rings. The number of rotatable bonds is 2. The molecule has 2 heterocycles. The number of nitrogens with zero attached hydrogens (tertiary/aromatic N) is 3. The van der Waals surface area contributed by atoms with Crippen molar-refractivity contribution in [3.05, 3.63) is 11.8 Å². The van der Waals surface area contributed by atoms with E-state index in [-0.39, 0.29) is 17.3 Å². The molecule has 1 N–H and O–H groups in total. The lowest BCUT2D eigenvalue weighted by atomic mass is 9.91. The van der Waals surface area contributed by atoms with Gasteiger partial charge in [-0.15, -0.1) is 4.40 Å². The number of carboxylic acid groups (broad SMARTS) is 1. The van der Waals surface area contributed by atoms with Gasteiger partial charge in [-0.1, -0.05) is 0 Å². The van der Waals surface area contributed by atoms with Gasteiger partial charge in [0.05, 0.1) is 5.71 Å². The van der Waals surface area contributed by atoms with Crippen LogP contribution >= 0.6 is 0 Å². The molecule has 0 aromatic carbocycles. The highest BCUT2D eigenvalue weighted by molar-refractivity contribution is 7.88. The van der Waals surface area contributed by atoms with E-state index in [0.717, 1.165) is 7.05 Å². The molecule has 0 unspecified atom stereocenters. The predicted molar refractivity (Wildman–Crippen MR) is 90.4 cm³/mol. The number of hydrogen-bond acceptors (Lipinski definition) is 5. The third kappa shape index (κ3) is 4.50. The highest BCUT2D eigenvalue weighted by Crippen LogP contribution is 2.26. The van der Waals surface area contributed by atoms with Crippen LogP contribution in [0.2, 0.25) is 0 Å². The summed E-state index contributed by atoms with van der Waals surface area (Å²) in [6.07, 6.45) is 1.85. The van der Waals surface area contributed by atoms with Crippen molar-refractivity contribution in [1.29, 1.82) is 0 Å². The molecule has 1 saturated heterocycles. The van der Waals surface area contributed by atoms with Crippen LogP contribution in [0.5, 0.6) is 0 Å². The van der Waals surface area contributed by atoms with E-state index in [4.69, 9.17) is 4.74 Å². The van der Waals surface area contributed by atoms with Gasteiger partial charge >= 0.3 is 22.3 Å². The highest BCUT2D eigenvalue weighted by atomic mass is 32.2. The molecule has 0 bridgehead atoms. The van der Waals surface area contributed by atoms with Crippen LogP contribution in [0.1, 0.15) is 33.6 Å². The summed E-state index contributed by atoms with van der Waals surface area (Å²) in [5, 5.41) is 9.18. The molecule has 2 aliphatic rings. The van der Waals surface area contributed by atoms with Gasteiger partial charge in [0, 0.05) is 26.1 Å². The van der Waals surface area contributed by atoms with E-state index in [2.05, 4.69) is 4.40 Å². The minimum atomic E-state index is -4.04. The fourth-order valence-electron chi connectivity index (χ4n) is 2.65. The Kier molecular flexibility index (Phi) is 5.12. The second-order valence-electron chi connectivity index (χ2n) is 7.04. The molecule has 0 saturated carbocycles. The molecule has 0 aliphatic carbocycles. The molecule has 10 heteroatoms. The quantitative estimate of drug-likeness (QED) is 0.778. The van der Waals surface area contributed by atoms with Crippen molar-refractivity contribution >= 4 is 28.0 Å². The normalized spacial score (nSPS) is 21.4. The van der Waals surface area contributed by atoms with E-state index in [1.54, 1.807) is 25.7 Å². The number of likely N-dealkylation sites (tertiary alicyclic amines) is 1. The summed E-state index contributed by atoms with van der Waals surface area (Å²) in [6, 6.07) is 0. The second kappa shape index (κ2) is 6.66. The van der Waals surface area contributed by atoms with Crippen molar-refractivity contribution in [1.82, 2.24) is 9.21 Å². The number of carbonyl (C=O) groups is 2. The Labute approximate surface area is 147 Å². The SMILES string of the molecule is CN1C(C(=O)O)=CC(C2CCN(C(=O)OC(C)(C)C)CC2)=NS1(=O)=O. The third-order valence-corrected chi connectivity index (χ3v) is 5.31. The van der Waals surface area contributed by atoms with Gasteiger partial charge < -0.3 is 14.7 Å². The summed E-state index contributed by atoms with van der Waals surface area (Å²) >= 11 is 0. The summed E-state index contributed by atoms with van der Waals surface area (Å²) in [7, 11) is -2.89. The molecule has 0 atom stereocenters. The second-order valence-corrected chi connectivity index (χ2v) is 8.66. The fourth-order valence-corrected chi connectivity index (χ4v) is 3.62. The van der Waals surface area contributed by atoms with Crippen molar-refractivity contribution in [2.75, 3.05) is 20.1 Å². The van der Waals surface area contributed by atoms with Crippen LogP contribution in [-0.2, 0) is 19.7 Å². The smallest absolute Gasteiger partial charge is 0.410 e. The first kappa shape index (κ1) is 19.2. The molecule has 0 spiro atoms. The zero-order valence-electron chi connectivity index (χ0n) is 14.7. The number of hydrogen-bond donors (Lipinski definition) is 1. The molecule has 140 valence electrons. The Balaban J connectivity index is 2.10. The van der Waals surface area contributed by atoms with Crippen molar-refractivity contribution in [3.63, 3.8) is 0 Å². The largest absolute Gasteiger partial charge is 0.477 e. The van der Waals surface area contributed by atoms with Crippen molar-refractivity contribution < 1.29 is 27.9 Å². The number of carbonyl (C=O) groups excluding carboxylic acids is 1. The number of likely N-dealkylation sites (N-methyl/N-ethyl adjacent to an activating group) is 1. The van der Waals surface area contributed by atoms with Crippen LogP contribution in [0.15, 0.2) is 16.2 Å². The van der Waals surface area contributed by atoms with Gasteiger partial charge in [-0.25, -0.2) is 13.9 Å². The number of piperidine rings is 1. The zero-order valence-corrected chi connectivity index (χ0v) is 15.5. The highest BCUT2D eigenvalue weighted by Gasteiger charge is 2.34. The Morgan fingerprint density at radius 1 is 1.28 bits per heavy atom. The minimum Gasteiger partial charge on any atom is -0.477 e. The van der Waals surface area contributed by atoms with E-state index in [1.807, 2.05) is 0 Å². The Hall–Kier alpha value is -2.10. The first-order valence-electron chi connectivity index (χ1n) is 7.92. The average molecular weight is 373 g/mol. The van der Waals surface area contributed by atoms with Gasteiger partial charge in [-0.05, 0) is 39.7 Å². The molecule has 2 rings (SSSR count). The van der Waals surface area contributed by atoms with Gasteiger partial charge in [0.2, 0.25) is 0 Å². The van der Waals surface area contributed by atoms with Crippen LogP contribution in [0.25, 0.3) is 0 Å². The van der Waals surface area contributed by atoms with E-state index >= 15 is 0 Å². The van der Waals surface area contributed by atoms with E-state index < -0.39 is 27.9 Å². The Morgan fingerprint density at radius 3 is 2.32 bits per heavy atom. The number of carboxylic acids is 1. The molecule has 25 heavy (non-hydrogen) atoms. The lowest BCUT2D eigenvalue weighted by Crippen LogP contribution is -2.43. The Bertz CT molecular complexity index is 727. The van der Waals surface area contributed by atoms with Gasteiger partial charge in [-0.3, -0.25) is 0 Å². The molecule has 1 fully saturated rings. The van der Waals surface area contributed by atoms with Crippen LogP contribution in [0.3, 0.4) is 0 Å². The first-order valence-corrected chi connectivity index (χ1v) is 9.32. The summed E-state index contributed by atoms with van der Waals surface area (Å²) in [5.41, 5.74) is -0.696. The van der Waals surface area contributed by atoms with Crippen LogP contribution in [0.4, 0.5) is 4.79 Å². The van der Waals surface area contributed by atoms with Crippen molar-refractivity contribution in [2.45, 2.75) is 39.2 Å². The maximum Gasteiger partial charge on any atom is 0.410 e. The molecular formula is C15H23N3O6S. The lowest BCUT2D eigenvalue weighted by molar-refractivity contribution is -0.133. The maximum atomic E-state index is 12.1. The summed E-state index contributed by atoms with van der Waals surface area (Å²) in [6.45, 7) is 6.14. The number of allylic oxidation sites excluding steroid dienone is 1. The van der Waals surface area contributed by atoms with Gasteiger partial charge in [0.1, 0.15) is 11.3 Å². The average Bonchev–Trinajstić information content (AvgIpc) is 2.48. The van der Waals surface area contributed by atoms with Crippen LogP contribution in [-0.4, -0.2) is 66.2 Å². The monoisotopic (exact) mass is 373 g/mol. The minimum absolute atomic E-state index is 0.222. The molecule has 0 aromatic heterocycles. The molecular weight excluding hydrogens is 350 g/mol. The van der Waals surface area contributed by atoms with Crippen molar-refractivity contribution in [3.8, 4) is 0 Å². The predicted octanol–water partition coefficient (Wildman–Crippen LogP) is 1.23. The number of amides is 1. The van der Waals surface area contributed by atoms with Crippen LogP contribution in [0, 0.1) is 5.92 Å². The molecule has 2 aliphatic heterocycles. The Morgan fingerprint density at radius 2 is 1.84 bits per heavy atom. The fraction of sp³-hybridized carbons (Fsp3) is 0.667. The third-order valence-electron chi connectivity index (χ3n) is 3.97. The molecule has 1 amide bonds. The van der Waals surface area contributed by atoms with Crippen LogP contribution < -0.4 is 0 Å². The van der Waals surface area contributed by atoms with E-state index in [1.165, 1.54) is 6.08 Å². The lowest BCUT2D eigenvalue weighted by Gasteiger charge is -2.34. The maximum absolute atomic E-state index is 12.1. The van der Waals surface area contributed by atoms with E-state index in [0.29, 0.717) is 30.2 Å². The van der Waals surface area contributed by atoms with Gasteiger partial charge in [0.25, 0.3) is 0 Å². The standard InChI is InChI=1S/C15H23N3O6S/c1-15(2,3)24-14(21)18-7-5-10(6-8-18)11-9-12(13(19)20)17(4)25(22,23)16-11/h9-10H,5-8H2,1-4H3,(H,19,20). The van der Waals surface area contributed by atoms with Crippen molar-refractivity contribution in [2.24, 2.45) is 10.3 Å². The van der Waals surface area contributed by atoms with Gasteiger partial charge in [-0.2, -0.15) is 8.42 Å². The molecule has 9 nitrogen and oxygen atoms in total. The zero-order chi connectivity index (χ0) is 19.0. The summed E-state index contributed by atoms with van der Waals surface area (Å²) < 4.78 is 33.7. The summed E-state index contributed by atoms with van der Waals surface area (Å²) in [4.78, 5) is 24.9. The summed E-state index contributed by atoms with van der Waals surface area (Å²) in [5.74, 6) is -1.55.